The van der Waals surface area contributed by atoms with E-state index in [1.165, 1.54) is 0 Å². The summed E-state index contributed by atoms with van der Waals surface area (Å²) in [5, 5.41) is 3.89. The Labute approximate surface area is 109 Å². The molecule has 0 atom stereocenters. The number of nitrogens with one attached hydrogen (secondary N) is 1. The van der Waals surface area contributed by atoms with E-state index in [0.29, 0.717) is 11.6 Å². The van der Waals surface area contributed by atoms with Crippen LogP contribution in [0.1, 0.15) is 24.5 Å². The molecule has 0 spiro atoms. The smallest absolute Gasteiger partial charge is 0.127 e. The van der Waals surface area contributed by atoms with Gasteiger partial charge in [-0.15, -0.1) is 0 Å². The van der Waals surface area contributed by atoms with Crippen molar-refractivity contribution in [3.05, 3.63) is 40.9 Å². The highest BCUT2D eigenvalue weighted by atomic mass is 35.5. The van der Waals surface area contributed by atoms with E-state index in [0.717, 1.165) is 36.4 Å². The van der Waals surface area contributed by atoms with Gasteiger partial charge in [-0.1, -0.05) is 43.3 Å². The normalized spacial score (nSPS) is 10.3. The summed E-state index contributed by atoms with van der Waals surface area (Å²) in [6.45, 7) is 10.0. The van der Waals surface area contributed by atoms with E-state index in [-0.39, 0.29) is 0 Å². The van der Waals surface area contributed by atoms with Crippen LogP contribution in [0.25, 0.3) is 0 Å². The van der Waals surface area contributed by atoms with Crippen molar-refractivity contribution in [2.75, 3.05) is 13.2 Å². The molecule has 0 saturated heterocycles. The molecule has 17 heavy (non-hydrogen) atoms. The second kappa shape index (κ2) is 7.36. The van der Waals surface area contributed by atoms with Crippen molar-refractivity contribution >= 4 is 11.6 Å². The fourth-order valence-corrected chi connectivity index (χ4v) is 1.66. The Bertz CT molecular complexity index is 376. The van der Waals surface area contributed by atoms with Gasteiger partial charge in [-0.05, 0) is 25.5 Å². The van der Waals surface area contributed by atoms with Crippen molar-refractivity contribution in [2.24, 2.45) is 0 Å². The maximum Gasteiger partial charge on any atom is 0.127 e. The van der Waals surface area contributed by atoms with Crippen molar-refractivity contribution < 1.29 is 4.74 Å². The highest BCUT2D eigenvalue weighted by Gasteiger charge is 2.06. The molecule has 0 unspecified atom stereocenters. The van der Waals surface area contributed by atoms with Crippen molar-refractivity contribution in [1.29, 1.82) is 0 Å². The first kappa shape index (κ1) is 14.1. The number of ether oxygens (including phenoxy) is 1. The third-order valence-corrected chi connectivity index (χ3v) is 2.52. The second-order valence-electron chi connectivity index (χ2n) is 4.05. The van der Waals surface area contributed by atoms with Crippen LogP contribution in [0, 0.1) is 6.92 Å². The largest absolute Gasteiger partial charge is 0.487 e. The molecule has 0 saturated carbocycles. The number of para-hydroxylation sites is 1. The molecular formula is C14H20ClNO. The lowest BCUT2D eigenvalue weighted by Gasteiger charge is -2.14. The Hall–Kier alpha value is -0.990. The molecule has 0 radical (unpaired) electrons. The van der Waals surface area contributed by atoms with Crippen LogP contribution in [0.3, 0.4) is 0 Å². The number of hydrogen-bond acceptors (Lipinski definition) is 2. The number of rotatable bonds is 7. The second-order valence-corrected chi connectivity index (χ2v) is 4.58. The number of hydrogen-bond donors (Lipinski definition) is 1. The van der Waals surface area contributed by atoms with E-state index in [1.54, 1.807) is 0 Å². The minimum atomic E-state index is 0.354. The minimum Gasteiger partial charge on any atom is -0.487 e. The summed E-state index contributed by atoms with van der Waals surface area (Å²) in [5.41, 5.74) is 2.29. The average Bonchev–Trinajstić information content (AvgIpc) is 2.28. The van der Waals surface area contributed by atoms with Gasteiger partial charge in [-0.25, -0.2) is 0 Å². The topological polar surface area (TPSA) is 21.3 Å². The summed E-state index contributed by atoms with van der Waals surface area (Å²) in [7, 11) is 0. The van der Waals surface area contributed by atoms with Gasteiger partial charge in [0.1, 0.15) is 12.4 Å². The predicted molar refractivity (Wildman–Crippen MR) is 73.7 cm³/mol. The predicted octanol–water partition coefficient (Wildman–Crippen LogP) is 3.63. The number of halogens is 1. The Morgan fingerprint density at radius 2 is 2.24 bits per heavy atom. The fraction of sp³-hybridized carbons (Fsp3) is 0.429. The van der Waals surface area contributed by atoms with E-state index in [4.69, 9.17) is 16.3 Å². The van der Waals surface area contributed by atoms with Gasteiger partial charge in [-0.2, -0.15) is 0 Å². The molecule has 0 aromatic heterocycles. The molecule has 0 aliphatic rings. The summed E-state index contributed by atoms with van der Waals surface area (Å²) < 4.78 is 5.69. The molecule has 2 nitrogen and oxygen atoms in total. The average molecular weight is 254 g/mol. The van der Waals surface area contributed by atoms with Gasteiger partial charge >= 0.3 is 0 Å². The molecule has 1 aromatic carbocycles. The van der Waals surface area contributed by atoms with Gasteiger partial charge in [0.15, 0.2) is 0 Å². The van der Waals surface area contributed by atoms with Crippen LogP contribution >= 0.6 is 11.6 Å². The Kier molecular flexibility index (Phi) is 6.09. The molecule has 0 bridgehead atoms. The highest BCUT2D eigenvalue weighted by Crippen LogP contribution is 2.24. The summed E-state index contributed by atoms with van der Waals surface area (Å²) in [4.78, 5) is 0. The third kappa shape index (κ3) is 4.80. The van der Waals surface area contributed by atoms with E-state index in [2.05, 4.69) is 24.9 Å². The first-order valence-corrected chi connectivity index (χ1v) is 6.28. The van der Waals surface area contributed by atoms with Crippen molar-refractivity contribution in [1.82, 2.24) is 5.32 Å². The molecule has 1 rings (SSSR count). The van der Waals surface area contributed by atoms with E-state index in [9.17, 15) is 0 Å². The minimum absolute atomic E-state index is 0.354. The summed E-state index contributed by atoms with van der Waals surface area (Å²) >= 11 is 5.72. The van der Waals surface area contributed by atoms with E-state index in [1.807, 2.05) is 19.1 Å². The lowest BCUT2D eigenvalue weighted by molar-refractivity contribution is 0.351. The van der Waals surface area contributed by atoms with Crippen molar-refractivity contribution in [3.8, 4) is 5.75 Å². The molecule has 0 heterocycles. The van der Waals surface area contributed by atoms with Gasteiger partial charge in [0.05, 0.1) is 0 Å². The van der Waals surface area contributed by atoms with Gasteiger partial charge in [0, 0.05) is 17.1 Å². The Morgan fingerprint density at radius 1 is 1.47 bits per heavy atom. The van der Waals surface area contributed by atoms with Crippen LogP contribution in [0.4, 0.5) is 0 Å². The first-order chi connectivity index (χ1) is 8.15. The molecule has 94 valence electrons. The SMILES string of the molecule is C=C(Cl)COc1c(C)cccc1CNCCC. The van der Waals surface area contributed by atoms with Crippen molar-refractivity contribution in [2.45, 2.75) is 26.8 Å². The zero-order chi connectivity index (χ0) is 12.7. The summed E-state index contributed by atoms with van der Waals surface area (Å²) in [6, 6.07) is 6.15. The molecule has 0 aliphatic carbocycles. The lowest BCUT2D eigenvalue weighted by atomic mass is 10.1. The fourth-order valence-electron chi connectivity index (χ4n) is 1.61. The zero-order valence-corrected chi connectivity index (χ0v) is 11.3. The Balaban J connectivity index is 2.73. The molecule has 0 fully saturated rings. The summed E-state index contributed by atoms with van der Waals surface area (Å²) in [6.07, 6.45) is 1.13. The van der Waals surface area contributed by atoms with Gasteiger partial charge in [-0.3, -0.25) is 0 Å². The van der Waals surface area contributed by atoms with Gasteiger partial charge in [0.25, 0.3) is 0 Å². The molecule has 0 aliphatic heterocycles. The molecule has 1 N–H and O–H groups in total. The molecule has 1 aromatic rings. The van der Waals surface area contributed by atoms with Crippen LogP contribution in [-0.2, 0) is 6.54 Å². The van der Waals surface area contributed by atoms with Crippen LogP contribution in [-0.4, -0.2) is 13.2 Å². The number of aryl methyl sites for hydroxylation is 1. The zero-order valence-electron chi connectivity index (χ0n) is 10.6. The van der Waals surface area contributed by atoms with E-state index < -0.39 is 0 Å². The van der Waals surface area contributed by atoms with E-state index >= 15 is 0 Å². The van der Waals surface area contributed by atoms with Crippen LogP contribution < -0.4 is 10.1 Å². The maximum atomic E-state index is 5.72. The lowest BCUT2D eigenvalue weighted by Crippen LogP contribution is -2.15. The van der Waals surface area contributed by atoms with Crippen LogP contribution in [0.5, 0.6) is 5.75 Å². The first-order valence-electron chi connectivity index (χ1n) is 5.90. The third-order valence-electron chi connectivity index (χ3n) is 2.41. The highest BCUT2D eigenvalue weighted by molar-refractivity contribution is 6.29. The summed E-state index contributed by atoms with van der Waals surface area (Å²) in [5.74, 6) is 0.915. The van der Waals surface area contributed by atoms with Gasteiger partial charge in [0.2, 0.25) is 0 Å². The number of benzene rings is 1. The van der Waals surface area contributed by atoms with Crippen LogP contribution in [0.2, 0.25) is 0 Å². The Morgan fingerprint density at radius 3 is 2.88 bits per heavy atom. The molecule has 0 amide bonds. The van der Waals surface area contributed by atoms with Crippen molar-refractivity contribution in [3.63, 3.8) is 0 Å². The van der Waals surface area contributed by atoms with Gasteiger partial charge < -0.3 is 10.1 Å². The molecule has 3 heteroatoms. The molecular weight excluding hydrogens is 234 g/mol. The monoisotopic (exact) mass is 253 g/mol. The standard InChI is InChI=1S/C14H20ClNO/c1-4-8-16-9-13-7-5-6-11(2)14(13)17-10-12(3)15/h5-7,16H,3-4,8-10H2,1-2H3. The van der Waals surface area contributed by atoms with Crippen LogP contribution in [0.15, 0.2) is 29.8 Å². The quantitative estimate of drug-likeness (QED) is 0.750. The maximum absolute atomic E-state index is 5.72.